The third-order valence-electron chi connectivity index (χ3n) is 3.88. The highest BCUT2D eigenvalue weighted by Gasteiger charge is 2.13. The molecule has 0 aliphatic heterocycles. The van der Waals surface area contributed by atoms with Crippen LogP contribution < -0.4 is 14.8 Å². The number of methoxy groups -OCH3 is 1. The number of hydrogen-bond acceptors (Lipinski definition) is 4. The standard InChI is InChI=1S/C19H24N2O4S/c1-4-21-26(23,24)17-8-6-15(7-9-17)19(22)20-12-11-16-13-14(2)5-10-18(16)25-3/h5-10,13,21H,4,11-12H2,1-3H3,(H,20,22). The van der Waals surface area contributed by atoms with E-state index >= 15 is 0 Å². The van der Waals surface area contributed by atoms with Gasteiger partial charge in [0.1, 0.15) is 5.75 Å². The lowest BCUT2D eigenvalue weighted by atomic mass is 10.1. The Bertz CT molecular complexity index is 862. The summed E-state index contributed by atoms with van der Waals surface area (Å²) in [6.45, 7) is 4.48. The molecule has 1 amide bonds. The van der Waals surface area contributed by atoms with Crippen molar-refractivity contribution >= 4 is 15.9 Å². The zero-order valence-corrected chi connectivity index (χ0v) is 16.0. The molecule has 0 atom stereocenters. The second-order valence-corrected chi connectivity index (χ2v) is 7.61. The zero-order chi connectivity index (χ0) is 19.2. The lowest BCUT2D eigenvalue weighted by Crippen LogP contribution is -2.26. The van der Waals surface area contributed by atoms with Crippen LogP contribution in [0.15, 0.2) is 47.4 Å². The minimum atomic E-state index is -3.51. The van der Waals surface area contributed by atoms with E-state index in [2.05, 4.69) is 10.0 Å². The molecule has 140 valence electrons. The van der Waals surface area contributed by atoms with Crippen LogP contribution in [0.25, 0.3) is 0 Å². The average Bonchev–Trinajstić information content (AvgIpc) is 2.62. The molecule has 2 rings (SSSR count). The minimum Gasteiger partial charge on any atom is -0.496 e. The van der Waals surface area contributed by atoms with Crippen LogP contribution in [-0.2, 0) is 16.4 Å². The number of sulfonamides is 1. The van der Waals surface area contributed by atoms with Gasteiger partial charge in [0.15, 0.2) is 0 Å². The van der Waals surface area contributed by atoms with Gasteiger partial charge in [-0.15, -0.1) is 0 Å². The molecule has 0 aliphatic rings. The van der Waals surface area contributed by atoms with Gasteiger partial charge in [0.2, 0.25) is 10.0 Å². The third-order valence-corrected chi connectivity index (χ3v) is 5.44. The van der Waals surface area contributed by atoms with Crippen LogP contribution in [0.2, 0.25) is 0 Å². The van der Waals surface area contributed by atoms with Crippen LogP contribution in [0.5, 0.6) is 5.75 Å². The topological polar surface area (TPSA) is 84.5 Å². The first kappa shape index (κ1) is 19.9. The molecule has 0 spiro atoms. The number of carbonyl (C=O) groups excluding carboxylic acids is 1. The number of rotatable bonds is 8. The van der Waals surface area contributed by atoms with Crippen molar-refractivity contribution in [2.75, 3.05) is 20.2 Å². The maximum Gasteiger partial charge on any atom is 0.251 e. The summed E-state index contributed by atoms with van der Waals surface area (Å²) < 4.78 is 31.6. The number of carbonyl (C=O) groups is 1. The second kappa shape index (κ2) is 8.82. The third kappa shape index (κ3) is 5.06. The van der Waals surface area contributed by atoms with Crippen LogP contribution >= 0.6 is 0 Å². The Labute approximate surface area is 154 Å². The molecule has 2 N–H and O–H groups in total. The molecule has 6 nitrogen and oxygen atoms in total. The van der Waals surface area contributed by atoms with Crippen molar-refractivity contribution in [3.63, 3.8) is 0 Å². The number of amides is 1. The fraction of sp³-hybridized carbons (Fsp3) is 0.316. The molecule has 0 heterocycles. The molecule has 0 fully saturated rings. The minimum absolute atomic E-state index is 0.139. The Morgan fingerprint density at radius 2 is 1.81 bits per heavy atom. The maximum atomic E-state index is 12.2. The molecule has 26 heavy (non-hydrogen) atoms. The number of benzene rings is 2. The summed E-state index contributed by atoms with van der Waals surface area (Å²) >= 11 is 0. The van der Waals surface area contributed by atoms with Gasteiger partial charge < -0.3 is 10.1 Å². The Kier molecular flexibility index (Phi) is 6.76. The lowest BCUT2D eigenvalue weighted by molar-refractivity contribution is 0.0954. The largest absolute Gasteiger partial charge is 0.496 e. The zero-order valence-electron chi connectivity index (χ0n) is 15.2. The number of nitrogens with one attached hydrogen (secondary N) is 2. The first-order valence-corrected chi connectivity index (χ1v) is 9.87. The van der Waals surface area contributed by atoms with Gasteiger partial charge in [-0.25, -0.2) is 13.1 Å². The number of hydrogen-bond donors (Lipinski definition) is 2. The van der Waals surface area contributed by atoms with E-state index in [1.807, 2.05) is 25.1 Å². The summed E-state index contributed by atoms with van der Waals surface area (Å²) in [5, 5.41) is 2.84. The van der Waals surface area contributed by atoms with Gasteiger partial charge in [-0.05, 0) is 49.2 Å². The van der Waals surface area contributed by atoms with Crippen molar-refractivity contribution in [3.8, 4) is 5.75 Å². The van der Waals surface area contributed by atoms with E-state index in [9.17, 15) is 13.2 Å². The van der Waals surface area contributed by atoms with E-state index in [0.717, 1.165) is 16.9 Å². The van der Waals surface area contributed by atoms with Crippen LogP contribution in [0.1, 0.15) is 28.4 Å². The van der Waals surface area contributed by atoms with Gasteiger partial charge >= 0.3 is 0 Å². The molecule has 0 saturated carbocycles. The van der Waals surface area contributed by atoms with Crippen molar-refractivity contribution in [2.45, 2.75) is 25.2 Å². The summed E-state index contributed by atoms with van der Waals surface area (Å²) in [5.74, 6) is 0.548. The molecular formula is C19H24N2O4S. The molecule has 0 radical (unpaired) electrons. The van der Waals surface area contributed by atoms with E-state index in [1.54, 1.807) is 14.0 Å². The molecule has 2 aromatic carbocycles. The van der Waals surface area contributed by atoms with E-state index in [4.69, 9.17) is 4.74 Å². The van der Waals surface area contributed by atoms with Crippen LogP contribution in [0.4, 0.5) is 0 Å². The Balaban J connectivity index is 1.97. The Morgan fingerprint density at radius 1 is 1.12 bits per heavy atom. The van der Waals surface area contributed by atoms with Crippen LogP contribution in [0.3, 0.4) is 0 Å². The van der Waals surface area contributed by atoms with Crippen molar-refractivity contribution in [1.82, 2.24) is 10.0 Å². The van der Waals surface area contributed by atoms with Crippen molar-refractivity contribution < 1.29 is 17.9 Å². The van der Waals surface area contributed by atoms with Crippen molar-refractivity contribution in [3.05, 3.63) is 59.2 Å². The number of aryl methyl sites for hydroxylation is 1. The van der Waals surface area contributed by atoms with Gasteiger partial charge in [0.05, 0.1) is 12.0 Å². The first-order valence-electron chi connectivity index (χ1n) is 8.39. The van der Waals surface area contributed by atoms with E-state index in [0.29, 0.717) is 25.1 Å². The lowest BCUT2D eigenvalue weighted by Gasteiger charge is -2.11. The van der Waals surface area contributed by atoms with E-state index in [1.165, 1.54) is 24.3 Å². The maximum absolute atomic E-state index is 12.2. The highest BCUT2D eigenvalue weighted by atomic mass is 32.2. The van der Waals surface area contributed by atoms with Gasteiger partial charge in [-0.3, -0.25) is 4.79 Å². The molecule has 0 unspecified atom stereocenters. The average molecular weight is 376 g/mol. The van der Waals surface area contributed by atoms with Gasteiger partial charge in [0, 0.05) is 18.7 Å². The normalized spacial score (nSPS) is 11.2. The van der Waals surface area contributed by atoms with Crippen molar-refractivity contribution in [2.24, 2.45) is 0 Å². The fourth-order valence-electron chi connectivity index (χ4n) is 2.57. The Morgan fingerprint density at radius 3 is 2.42 bits per heavy atom. The molecule has 2 aromatic rings. The predicted molar refractivity (Wildman–Crippen MR) is 101 cm³/mol. The smallest absolute Gasteiger partial charge is 0.251 e. The van der Waals surface area contributed by atoms with Gasteiger partial charge in [-0.2, -0.15) is 0 Å². The summed E-state index contributed by atoms with van der Waals surface area (Å²) in [7, 11) is -1.89. The molecule has 0 aromatic heterocycles. The second-order valence-electron chi connectivity index (χ2n) is 5.85. The predicted octanol–water partition coefficient (Wildman–Crippen LogP) is 2.27. The summed E-state index contributed by atoms with van der Waals surface area (Å²) in [4.78, 5) is 12.4. The first-order chi connectivity index (χ1) is 12.4. The molecule has 7 heteroatoms. The molecule has 0 saturated heterocycles. The van der Waals surface area contributed by atoms with Gasteiger partial charge in [-0.1, -0.05) is 24.6 Å². The number of ether oxygens (including phenoxy) is 1. The molecule has 0 bridgehead atoms. The monoisotopic (exact) mass is 376 g/mol. The van der Waals surface area contributed by atoms with Crippen molar-refractivity contribution in [1.29, 1.82) is 0 Å². The summed E-state index contributed by atoms with van der Waals surface area (Å²) in [6, 6.07) is 11.8. The van der Waals surface area contributed by atoms with Gasteiger partial charge in [0.25, 0.3) is 5.91 Å². The molecular weight excluding hydrogens is 352 g/mol. The van der Waals surface area contributed by atoms with E-state index < -0.39 is 10.0 Å². The fourth-order valence-corrected chi connectivity index (χ4v) is 3.62. The van der Waals surface area contributed by atoms with Crippen LogP contribution in [0, 0.1) is 6.92 Å². The molecule has 0 aliphatic carbocycles. The summed E-state index contributed by atoms with van der Waals surface area (Å²) in [5.41, 5.74) is 2.57. The quantitative estimate of drug-likeness (QED) is 0.740. The van der Waals surface area contributed by atoms with Crippen LogP contribution in [-0.4, -0.2) is 34.5 Å². The summed E-state index contributed by atoms with van der Waals surface area (Å²) in [6.07, 6.45) is 0.642. The highest BCUT2D eigenvalue weighted by molar-refractivity contribution is 7.89. The van der Waals surface area contributed by atoms with E-state index in [-0.39, 0.29) is 10.8 Å². The highest BCUT2D eigenvalue weighted by Crippen LogP contribution is 2.19. The Hall–Kier alpha value is -2.38. The SMILES string of the molecule is CCNS(=O)(=O)c1ccc(C(=O)NCCc2cc(C)ccc2OC)cc1.